The molecule has 0 saturated heterocycles. The van der Waals surface area contributed by atoms with Gasteiger partial charge in [0.1, 0.15) is 6.04 Å². The van der Waals surface area contributed by atoms with Crippen molar-refractivity contribution in [1.82, 2.24) is 0 Å². The third kappa shape index (κ3) is 3.46. The number of carbonyl (C=O) groups excluding carboxylic acids is 1. The molecule has 4 nitrogen and oxygen atoms in total. The quantitative estimate of drug-likeness (QED) is 0.868. The second kappa shape index (κ2) is 6.26. The van der Waals surface area contributed by atoms with E-state index in [-0.39, 0.29) is 12.0 Å². The molecule has 1 atom stereocenters. The first-order valence-corrected chi connectivity index (χ1v) is 5.95. The molecule has 0 radical (unpaired) electrons. The summed E-state index contributed by atoms with van der Waals surface area (Å²) in [6, 6.07) is 6.81. The largest absolute Gasteiger partial charge is 0.467 e. The summed E-state index contributed by atoms with van der Waals surface area (Å²) in [5.74, 6) is -0.302. The molecule has 1 unspecified atom stereocenters. The van der Waals surface area contributed by atoms with Crippen LogP contribution in [-0.4, -0.2) is 19.1 Å². The van der Waals surface area contributed by atoms with Gasteiger partial charge < -0.3 is 10.1 Å². The molecule has 5 heteroatoms. The molecule has 0 fully saturated rings. The summed E-state index contributed by atoms with van der Waals surface area (Å²) in [7, 11) is 1.36. The van der Waals surface area contributed by atoms with Gasteiger partial charge in [-0.2, -0.15) is 5.26 Å². The molecular weight excluding hydrogens is 284 g/mol. The van der Waals surface area contributed by atoms with E-state index in [1.54, 1.807) is 18.2 Å². The number of rotatable bonds is 4. The zero-order valence-corrected chi connectivity index (χ0v) is 11.2. The number of ether oxygens (including phenoxy) is 1. The van der Waals surface area contributed by atoms with Gasteiger partial charge in [0, 0.05) is 10.2 Å². The fourth-order valence-corrected chi connectivity index (χ4v) is 1.85. The maximum absolute atomic E-state index is 11.4. The van der Waals surface area contributed by atoms with Gasteiger partial charge in [-0.05, 0) is 40.5 Å². The highest BCUT2D eigenvalue weighted by molar-refractivity contribution is 9.10. The van der Waals surface area contributed by atoms with Gasteiger partial charge in [0.2, 0.25) is 0 Å². The van der Waals surface area contributed by atoms with Crippen molar-refractivity contribution >= 4 is 27.6 Å². The highest BCUT2D eigenvalue weighted by Gasteiger charge is 2.17. The molecule has 90 valence electrons. The van der Waals surface area contributed by atoms with Crippen LogP contribution in [-0.2, 0) is 9.53 Å². The van der Waals surface area contributed by atoms with Gasteiger partial charge in [0.25, 0.3) is 0 Å². The second-order valence-corrected chi connectivity index (χ2v) is 4.29. The summed E-state index contributed by atoms with van der Waals surface area (Å²) in [6.07, 6.45) is 0.624. The van der Waals surface area contributed by atoms with Crippen molar-refractivity contribution in [1.29, 1.82) is 5.26 Å². The Labute approximate surface area is 109 Å². The van der Waals surface area contributed by atoms with Crippen LogP contribution in [0.5, 0.6) is 0 Å². The second-order valence-electron chi connectivity index (χ2n) is 3.43. The van der Waals surface area contributed by atoms with E-state index in [4.69, 9.17) is 10.00 Å². The maximum Gasteiger partial charge on any atom is 0.328 e. The predicted octanol–water partition coefficient (Wildman–Crippen LogP) is 2.68. The number of nitrogens with one attached hydrogen (secondary N) is 1. The van der Waals surface area contributed by atoms with Crippen LogP contribution in [0.25, 0.3) is 0 Å². The lowest BCUT2D eigenvalue weighted by atomic mass is 10.2. The first-order chi connectivity index (χ1) is 8.12. The summed E-state index contributed by atoms with van der Waals surface area (Å²) in [6.45, 7) is 1.89. The van der Waals surface area contributed by atoms with Gasteiger partial charge in [-0.3, -0.25) is 0 Å². The molecule has 1 aromatic carbocycles. The number of methoxy groups -OCH3 is 1. The number of nitriles is 1. The third-order valence-electron chi connectivity index (χ3n) is 2.32. The van der Waals surface area contributed by atoms with E-state index < -0.39 is 0 Å². The zero-order chi connectivity index (χ0) is 12.8. The highest BCUT2D eigenvalue weighted by atomic mass is 79.9. The van der Waals surface area contributed by atoms with Crippen molar-refractivity contribution in [3.05, 3.63) is 28.2 Å². The molecule has 1 aromatic rings. The Morgan fingerprint density at radius 2 is 2.35 bits per heavy atom. The van der Waals surface area contributed by atoms with Gasteiger partial charge in [-0.25, -0.2) is 4.79 Å². The van der Waals surface area contributed by atoms with Crippen LogP contribution in [0.2, 0.25) is 0 Å². The van der Waals surface area contributed by atoms with E-state index in [9.17, 15) is 4.79 Å². The summed E-state index contributed by atoms with van der Waals surface area (Å²) in [4.78, 5) is 11.4. The lowest BCUT2D eigenvalue weighted by molar-refractivity contribution is -0.141. The van der Waals surface area contributed by atoms with Crippen molar-refractivity contribution in [2.75, 3.05) is 12.4 Å². The highest BCUT2D eigenvalue weighted by Crippen LogP contribution is 2.24. The van der Waals surface area contributed by atoms with Crippen molar-refractivity contribution < 1.29 is 9.53 Å². The Hall–Kier alpha value is -1.54. The molecule has 17 heavy (non-hydrogen) atoms. The van der Waals surface area contributed by atoms with Crippen LogP contribution in [0.4, 0.5) is 5.69 Å². The van der Waals surface area contributed by atoms with Gasteiger partial charge in [-0.1, -0.05) is 6.92 Å². The van der Waals surface area contributed by atoms with E-state index >= 15 is 0 Å². The minimum absolute atomic E-state index is 0.302. The van der Waals surface area contributed by atoms with Crippen molar-refractivity contribution in [3.63, 3.8) is 0 Å². The Kier molecular flexibility index (Phi) is 4.98. The number of hydrogen-bond acceptors (Lipinski definition) is 4. The van der Waals surface area contributed by atoms with Crippen LogP contribution in [0.3, 0.4) is 0 Å². The molecule has 0 aliphatic rings. The molecule has 0 aromatic heterocycles. The van der Waals surface area contributed by atoms with Crippen molar-refractivity contribution in [2.45, 2.75) is 19.4 Å². The molecular formula is C12H13BrN2O2. The van der Waals surface area contributed by atoms with Gasteiger partial charge >= 0.3 is 5.97 Å². The smallest absolute Gasteiger partial charge is 0.328 e. The molecule has 0 spiro atoms. The molecule has 0 aliphatic heterocycles. The van der Waals surface area contributed by atoms with Crippen molar-refractivity contribution in [3.8, 4) is 6.07 Å². The maximum atomic E-state index is 11.4. The van der Waals surface area contributed by atoms with E-state index in [1.807, 2.05) is 13.0 Å². The van der Waals surface area contributed by atoms with Gasteiger partial charge in [0.15, 0.2) is 0 Å². The summed E-state index contributed by atoms with van der Waals surface area (Å²) in [5, 5.41) is 11.8. The lowest BCUT2D eigenvalue weighted by Gasteiger charge is -2.16. The Bertz CT molecular complexity index is 454. The topological polar surface area (TPSA) is 62.1 Å². The van der Waals surface area contributed by atoms with Gasteiger partial charge in [0.05, 0.1) is 18.7 Å². The summed E-state index contributed by atoms with van der Waals surface area (Å²) >= 11 is 3.35. The zero-order valence-electron chi connectivity index (χ0n) is 9.66. The number of esters is 1. The average molecular weight is 297 g/mol. The van der Waals surface area contributed by atoms with Crippen LogP contribution in [0.15, 0.2) is 22.7 Å². The predicted molar refractivity (Wildman–Crippen MR) is 68.6 cm³/mol. The van der Waals surface area contributed by atoms with E-state index in [2.05, 4.69) is 21.2 Å². The minimum atomic E-state index is -0.385. The van der Waals surface area contributed by atoms with E-state index in [0.29, 0.717) is 12.0 Å². The van der Waals surface area contributed by atoms with Crippen LogP contribution >= 0.6 is 15.9 Å². The molecule has 0 bridgehead atoms. The fraction of sp³-hybridized carbons (Fsp3) is 0.333. The van der Waals surface area contributed by atoms with Crippen molar-refractivity contribution in [2.24, 2.45) is 0 Å². The van der Waals surface area contributed by atoms with Crippen LogP contribution < -0.4 is 5.32 Å². The molecule has 1 rings (SSSR count). The summed E-state index contributed by atoms with van der Waals surface area (Å²) < 4.78 is 5.44. The van der Waals surface area contributed by atoms with Gasteiger partial charge in [-0.15, -0.1) is 0 Å². The first-order valence-electron chi connectivity index (χ1n) is 5.16. The Morgan fingerprint density at radius 1 is 1.65 bits per heavy atom. The molecule has 1 N–H and O–H groups in total. The van der Waals surface area contributed by atoms with E-state index in [1.165, 1.54) is 7.11 Å². The number of nitrogens with zero attached hydrogens (tertiary/aromatic N) is 1. The van der Waals surface area contributed by atoms with E-state index in [0.717, 1.165) is 10.2 Å². The molecule has 0 saturated carbocycles. The minimum Gasteiger partial charge on any atom is -0.467 e. The standard InChI is InChI=1S/C12H13BrN2O2/c1-3-10(12(16)17-2)15-11-5-4-8(7-14)6-9(11)13/h4-6,10,15H,3H2,1-2H3. The SMILES string of the molecule is CCC(Nc1ccc(C#N)cc1Br)C(=O)OC. The van der Waals surface area contributed by atoms with Crippen LogP contribution in [0, 0.1) is 11.3 Å². The number of benzene rings is 1. The Balaban J connectivity index is 2.87. The first kappa shape index (κ1) is 13.5. The molecule has 0 aliphatic carbocycles. The molecule has 0 amide bonds. The Morgan fingerprint density at radius 3 is 2.82 bits per heavy atom. The number of anilines is 1. The number of carbonyl (C=O) groups is 1. The average Bonchev–Trinajstić information content (AvgIpc) is 2.36. The fourth-order valence-electron chi connectivity index (χ4n) is 1.36. The van der Waals surface area contributed by atoms with Crippen LogP contribution in [0.1, 0.15) is 18.9 Å². The number of hydrogen-bond donors (Lipinski definition) is 1. The number of halogens is 1. The lowest BCUT2D eigenvalue weighted by Crippen LogP contribution is -2.29. The normalized spacial score (nSPS) is 11.4. The monoisotopic (exact) mass is 296 g/mol. The summed E-state index contributed by atoms with van der Waals surface area (Å²) in [5.41, 5.74) is 1.33. The molecule has 0 heterocycles. The third-order valence-corrected chi connectivity index (χ3v) is 2.98.